The summed E-state index contributed by atoms with van der Waals surface area (Å²) in [4.78, 5) is 38.8. The molecule has 1 aliphatic rings. The average molecular weight is 361 g/mol. The molecule has 2 rings (SSSR count). The Bertz CT molecular complexity index is 681. The number of carbonyl (C=O) groups excluding carboxylic acids is 3. The zero-order chi connectivity index (χ0) is 19.1. The summed E-state index contributed by atoms with van der Waals surface area (Å²) in [7, 11) is 0. The van der Waals surface area contributed by atoms with Gasteiger partial charge in [0, 0.05) is 6.20 Å². The van der Waals surface area contributed by atoms with Crippen molar-refractivity contribution < 1.29 is 28.6 Å². The molecule has 0 bridgehead atoms. The van der Waals surface area contributed by atoms with E-state index in [4.69, 9.17) is 14.2 Å². The van der Waals surface area contributed by atoms with Crippen LogP contribution in [0.25, 0.3) is 6.08 Å². The van der Waals surface area contributed by atoms with E-state index in [9.17, 15) is 14.4 Å². The van der Waals surface area contributed by atoms with E-state index in [0.29, 0.717) is 5.56 Å². The Morgan fingerprint density at radius 1 is 0.962 bits per heavy atom. The van der Waals surface area contributed by atoms with E-state index in [1.165, 1.54) is 11.1 Å². The number of fused-ring (bicyclic) bond motifs is 1. The number of nitrogens with zero attached hydrogens (tertiary/aromatic N) is 1. The van der Waals surface area contributed by atoms with Gasteiger partial charge in [0.15, 0.2) is 5.92 Å². The third-order valence-corrected chi connectivity index (χ3v) is 3.90. The van der Waals surface area contributed by atoms with Crippen LogP contribution in [0.5, 0.6) is 0 Å². The minimum Gasteiger partial charge on any atom is -0.465 e. The first kappa shape index (κ1) is 19.5. The van der Waals surface area contributed by atoms with Crippen molar-refractivity contribution in [1.29, 1.82) is 0 Å². The maximum absolute atomic E-state index is 12.6. The van der Waals surface area contributed by atoms with E-state index in [0.717, 1.165) is 5.56 Å². The fraction of sp³-hybridized carbons (Fsp3) is 0.421. The molecule has 1 atom stereocenters. The number of carbonyl (C=O) groups is 3. The van der Waals surface area contributed by atoms with Crippen LogP contribution < -0.4 is 0 Å². The maximum atomic E-state index is 12.6. The molecule has 1 unspecified atom stereocenters. The molecule has 0 fully saturated rings. The van der Waals surface area contributed by atoms with Gasteiger partial charge in [-0.15, -0.1) is 0 Å². The minimum atomic E-state index is -1.31. The van der Waals surface area contributed by atoms with Crippen LogP contribution in [0.4, 0.5) is 4.79 Å². The van der Waals surface area contributed by atoms with Crippen molar-refractivity contribution in [3.8, 4) is 0 Å². The summed E-state index contributed by atoms with van der Waals surface area (Å²) in [6.07, 6.45) is 2.59. The summed E-state index contributed by atoms with van der Waals surface area (Å²) in [5.41, 5.74) is 1.45. The standard InChI is InChI=1S/C19H23NO6/c1-4-24-17(21)15(18(22)25-5-2)16-14-10-8-7-9-13(14)11-12-20(16)19(23)26-6-3/h7-12,15-16H,4-6H2,1-3H3. The Balaban J connectivity index is 2.54. The Morgan fingerprint density at radius 2 is 1.54 bits per heavy atom. The zero-order valence-electron chi connectivity index (χ0n) is 15.1. The molecule has 140 valence electrons. The number of rotatable bonds is 6. The smallest absolute Gasteiger partial charge is 0.414 e. The van der Waals surface area contributed by atoms with E-state index in [-0.39, 0.29) is 19.8 Å². The van der Waals surface area contributed by atoms with E-state index in [2.05, 4.69) is 0 Å². The van der Waals surface area contributed by atoms with Crippen molar-refractivity contribution in [3.05, 3.63) is 41.6 Å². The molecule has 0 spiro atoms. The largest absolute Gasteiger partial charge is 0.465 e. The number of esters is 2. The molecular formula is C19H23NO6. The molecule has 0 aromatic heterocycles. The third-order valence-electron chi connectivity index (χ3n) is 3.90. The van der Waals surface area contributed by atoms with Crippen LogP contribution in [0, 0.1) is 5.92 Å². The Morgan fingerprint density at radius 3 is 2.12 bits per heavy atom. The van der Waals surface area contributed by atoms with Gasteiger partial charge in [0.1, 0.15) is 0 Å². The normalized spacial score (nSPS) is 15.4. The van der Waals surface area contributed by atoms with Gasteiger partial charge in [-0.05, 0) is 38.0 Å². The first-order chi connectivity index (χ1) is 12.5. The topological polar surface area (TPSA) is 82.1 Å². The van der Waals surface area contributed by atoms with Gasteiger partial charge in [-0.1, -0.05) is 24.3 Å². The second-order valence-corrected chi connectivity index (χ2v) is 5.48. The highest BCUT2D eigenvalue weighted by Gasteiger charge is 2.45. The molecule has 1 heterocycles. The minimum absolute atomic E-state index is 0.109. The summed E-state index contributed by atoms with van der Waals surface area (Å²) in [5.74, 6) is -2.80. The molecule has 0 aliphatic carbocycles. The van der Waals surface area contributed by atoms with Crippen molar-refractivity contribution in [2.45, 2.75) is 26.8 Å². The Hall–Kier alpha value is -2.83. The summed E-state index contributed by atoms with van der Waals surface area (Å²) >= 11 is 0. The van der Waals surface area contributed by atoms with Gasteiger partial charge in [-0.3, -0.25) is 14.5 Å². The van der Waals surface area contributed by atoms with Gasteiger partial charge in [-0.2, -0.15) is 0 Å². The molecule has 26 heavy (non-hydrogen) atoms. The second-order valence-electron chi connectivity index (χ2n) is 5.48. The molecule has 1 aromatic rings. The van der Waals surface area contributed by atoms with Crippen LogP contribution >= 0.6 is 0 Å². The van der Waals surface area contributed by atoms with Crippen LogP contribution in [0.2, 0.25) is 0 Å². The lowest BCUT2D eigenvalue weighted by atomic mass is 9.86. The van der Waals surface area contributed by atoms with Crippen molar-refractivity contribution >= 4 is 24.1 Å². The van der Waals surface area contributed by atoms with Crippen molar-refractivity contribution in [2.75, 3.05) is 19.8 Å². The molecule has 0 saturated heterocycles. The lowest BCUT2D eigenvalue weighted by Gasteiger charge is -2.35. The highest BCUT2D eigenvalue weighted by atomic mass is 16.6. The van der Waals surface area contributed by atoms with Gasteiger partial charge in [-0.25, -0.2) is 4.79 Å². The zero-order valence-corrected chi connectivity index (χ0v) is 15.1. The predicted molar refractivity (Wildman–Crippen MR) is 93.8 cm³/mol. The third kappa shape index (κ3) is 4.04. The lowest BCUT2D eigenvalue weighted by Crippen LogP contribution is -2.44. The Kier molecular flexibility index (Phi) is 6.77. The van der Waals surface area contributed by atoms with Gasteiger partial charge in [0.05, 0.1) is 25.9 Å². The van der Waals surface area contributed by atoms with Crippen LogP contribution in [-0.2, 0) is 23.8 Å². The monoisotopic (exact) mass is 361 g/mol. The number of ether oxygens (including phenoxy) is 3. The van der Waals surface area contributed by atoms with E-state index >= 15 is 0 Å². The highest BCUT2D eigenvalue weighted by Crippen LogP contribution is 2.37. The molecule has 0 radical (unpaired) electrons. The van der Waals surface area contributed by atoms with Gasteiger partial charge in [0.25, 0.3) is 0 Å². The fourth-order valence-electron chi connectivity index (χ4n) is 2.87. The summed E-state index contributed by atoms with van der Waals surface area (Å²) in [6, 6.07) is 6.31. The van der Waals surface area contributed by atoms with Crippen LogP contribution in [0.3, 0.4) is 0 Å². The summed E-state index contributed by atoms with van der Waals surface area (Å²) in [5, 5.41) is 0. The Labute approximate surface area is 152 Å². The molecule has 7 nitrogen and oxygen atoms in total. The van der Waals surface area contributed by atoms with E-state index in [1.54, 1.807) is 39.0 Å². The van der Waals surface area contributed by atoms with Crippen LogP contribution in [0.15, 0.2) is 30.5 Å². The van der Waals surface area contributed by atoms with Gasteiger partial charge >= 0.3 is 18.0 Å². The molecular weight excluding hydrogens is 338 g/mol. The van der Waals surface area contributed by atoms with Crippen LogP contribution in [-0.4, -0.2) is 42.8 Å². The quantitative estimate of drug-likeness (QED) is 0.440. The van der Waals surface area contributed by atoms with Crippen molar-refractivity contribution in [1.82, 2.24) is 4.90 Å². The van der Waals surface area contributed by atoms with E-state index < -0.39 is 30.0 Å². The molecule has 7 heteroatoms. The SMILES string of the molecule is CCOC(=O)C(C(=O)OCC)C1c2ccccc2C=CN1C(=O)OCC. The fourth-order valence-corrected chi connectivity index (χ4v) is 2.87. The number of hydrogen-bond donors (Lipinski definition) is 0. The average Bonchev–Trinajstić information content (AvgIpc) is 2.62. The van der Waals surface area contributed by atoms with Gasteiger partial charge < -0.3 is 14.2 Å². The van der Waals surface area contributed by atoms with Crippen LogP contribution in [0.1, 0.15) is 37.9 Å². The molecule has 1 amide bonds. The summed E-state index contributed by atoms with van der Waals surface area (Å²) < 4.78 is 15.3. The maximum Gasteiger partial charge on any atom is 0.414 e. The second kappa shape index (κ2) is 9.03. The molecule has 1 aromatic carbocycles. The number of hydrogen-bond acceptors (Lipinski definition) is 6. The predicted octanol–water partition coefficient (Wildman–Crippen LogP) is 2.91. The van der Waals surface area contributed by atoms with Crippen molar-refractivity contribution in [2.24, 2.45) is 5.92 Å². The molecule has 1 aliphatic heterocycles. The molecule has 0 saturated carbocycles. The summed E-state index contributed by atoms with van der Waals surface area (Å²) in [6.45, 7) is 5.37. The first-order valence-corrected chi connectivity index (χ1v) is 8.60. The van der Waals surface area contributed by atoms with Gasteiger partial charge in [0.2, 0.25) is 0 Å². The first-order valence-electron chi connectivity index (χ1n) is 8.60. The van der Waals surface area contributed by atoms with Crippen molar-refractivity contribution in [3.63, 3.8) is 0 Å². The number of amides is 1. The molecule has 0 N–H and O–H groups in total. The highest BCUT2D eigenvalue weighted by molar-refractivity contribution is 5.97. The number of benzene rings is 1. The van der Waals surface area contributed by atoms with E-state index in [1.807, 2.05) is 12.1 Å². The lowest BCUT2D eigenvalue weighted by molar-refractivity contribution is -0.164.